The summed E-state index contributed by atoms with van der Waals surface area (Å²) in [6.07, 6.45) is 57.8. The van der Waals surface area contributed by atoms with Gasteiger partial charge >= 0.3 is 13.8 Å². The smallest absolute Gasteiger partial charge is 0.456 e. The first-order valence-electron chi connectivity index (χ1n) is 27.6. The van der Waals surface area contributed by atoms with E-state index in [-0.39, 0.29) is 31.5 Å². The van der Waals surface area contributed by atoms with Crippen molar-refractivity contribution in [3.05, 3.63) is 60.8 Å². The molecule has 0 aliphatic rings. The maximum atomic E-state index is 13.5. The van der Waals surface area contributed by atoms with Crippen molar-refractivity contribution in [2.45, 2.75) is 251 Å². The van der Waals surface area contributed by atoms with E-state index in [1.807, 2.05) is 33.3 Å². The number of likely N-dealkylation sites (N-methyl/N-ethyl adjacent to an activating group) is 1. The van der Waals surface area contributed by atoms with Crippen molar-refractivity contribution in [2.24, 2.45) is 0 Å². The van der Waals surface area contributed by atoms with Gasteiger partial charge in [0.15, 0.2) is 0 Å². The maximum absolute atomic E-state index is 13.5. The molecule has 1 amide bonds. The summed E-state index contributed by atoms with van der Waals surface area (Å²) in [6.45, 7) is 6.84. The van der Waals surface area contributed by atoms with E-state index in [1.165, 1.54) is 116 Å². The van der Waals surface area contributed by atoms with E-state index < -0.39 is 20.0 Å². The monoisotopic (exact) mass is 962 g/mol. The first kappa shape index (κ1) is 64.7. The molecule has 2 N–H and O–H groups in total. The number of unbranched alkanes of at least 4 members (excludes halogenated alkanes) is 27. The van der Waals surface area contributed by atoms with Crippen LogP contribution in [-0.2, 0) is 27.9 Å². The number of amides is 1. The zero-order valence-corrected chi connectivity index (χ0v) is 45.3. The molecule has 390 valence electrons. The lowest BCUT2D eigenvalue weighted by molar-refractivity contribution is -0.870. The summed E-state index contributed by atoms with van der Waals surface area (Å²) in [7, 11) is 1.48. The van der Waals surface area contributed by atoms with Crippen LogP contribution in [0.5, 0.6) is 0 Å². The molecule has 9 nitrogen and oxygen atoms in total. The Hall–Kier alpha value is -2.29. The number of rotatable bonds is 49. The predicted molar refractivity (Wildman–Crippen MR) is 286 cm³/mol. The quantitative estimate of drug-likeness (QED) is 0.0156. The van der Waals surface area contributed by atoms with Crippen molar-refractivity contribution < 1.29 is 37.3 Å². The lowest BCUT2D eigenvalue weighted by Gasteiger charge is -2.27. The molecule has 0 aromatic rings. The number of nitrogens with zero attached hydrogens (tertiary/aromatic N) is 1. The fourth-order valence-corrected chi connectivity index (χ4v) is 8.43. The number of phosphoric acid groups is 1. The normalized spacial score (nSPS) is 14.3. The van der Waals surface area contributed by atoms with E-state index in [0.29, 0.717) is 17.4 Å². The first-order chi connectivity index (χ1) is 32.4. The third-order valence-electron chi connectivity index (χ3n) is 12.0. The van der Waals surface area contributed by atoms with Gasteiger partial charge in [0.05, 0.1) is 33.8 Å². The van der Waals surface area contributed by atoms with Crippen LogP contribution in [0, 0.1) is 0 Å². The third kappa shape index (κ3) is 48.5. The van der Waals surface area contributed by atoms with E-state index in [0.717, 1.165) is 89.9 Å². The molecule has 0 saturated heterocycles. The molecule has 0 bridgehead atoms. The van der Waals surface area contributed by atoms with Crippen molar-refractivity contribution in [3.8, 4) is 0 Å². The molecule has 10 heteroatoms. The highest BCUT2D eigenvalue weighted by atomic mass is 31.2. The first-order valence-corrected chi connectivity index (χ1v) is 29.1. The molecule has 0 radical (unpaired) electrons. The van der Waals surface area contributed by atoms with Crippen LogP contribution in [0.3, 0.4) is 0 Å². The lowest BCUT2D eigenvalue weighted by atomic mass is 10.1. The van der Waals surface area contributed by atoms with Crippen molar-refractivity contribution in [1.82, 2.24) is 5.32 Å². The van der Waals surface area contributed by atoms with Crippen LogP contribution >= 0.6 is 7.82 Å². The molecule has 0 saturated carbocycles. The summed E-state index contributed by atoms with van der Waals surface area (Å²) < 4.78 is 30.5. The highest BCUT2D eigenvalue weighted by Gasteiger charge is 2.30. The van der Waals surface area contributed by atoms with E-state index in [4.69, 9.17) is 13.8 Å². The van der Waals surface area contributed by atoms with Crippen LogP contribution in [0.2, 0.25) is 0 Å². The van der Waals surface area contributed by atoms with Gasteiger partial charge in [-0.15, -0.1) is 0 Å². The van der Waals surface area contributed by atoms with E-state index in [2.05, 4.69) is 74.7 Å². The Kier molecular flexibility index (Phi) is 45.8. The number of carbonyl (C=O) groups is 2. The highest BCUT2D eigenvalue weighted by Crippen LogP contribution is 2.43. The van der Waals surface area contributed by atoms with Gasteiger partial charge < -0.3 is 19.4 Å². The Bertz CT molecular complexity index is 1340. The van der Waals surface area contributed by atoms with Crippen molar-refractivity contribution >= 4 is 19.7 Å². The third-order valence-corrected chi connectivity index (χ3v) is 13.0. The zero-order chi connectivity index (χ0) is 49.4. The second-order valence-electron chi connectivity index (χ2n) is 19.8. The van der Waals surface area contributed by atoms with Gasteiger partial charge in [0.2, 0.25) is 5.91 Å². The SMILES string of the molecule is CC/C=C/C=C/C=C/CCCCCCCCCC(=O)NC(COP(=O)(O)OCC[N+](C)(C)C)C(/C=C/CCCCCCCCCCC)OC(=O)CCCCCCCCC/C=C\CCCCCC. The fraction of sp³-hybridized carbons (Fsp3) is 0.789. The molecule has 0 aliphatic heterocycles. The van der Waals surface area contributed by atoms with Crippen LogP contribution in [-0.4, -0.2) is 74.3 Å². The molecule has 0 aromatic heterocycles. The van der Waals surface area contributed by atoms with E-state index in [9.17, 15) is 19.0 Å². The molecule has 3 atom stereocenters. The second-order valence-corrected chi connectivity index (χ2v) is 21.2. The van der Waals surface area contributed by atoms with E-state index >= 15 is 0 Å². The minimum absolute atomic E-state index is 0.0355. The molecular formula is C57H106N2O7P+. The van der Waals surface area contributed by atoms with Gasteiger partial charge in [0, 0.05) is 12.8 Å². The largest absolute Gasteiger partial charge is 0.472 e. The molecule has 0 aliphatic carbocycles. The summed E-state index contributed by atoms with van der Waals surface area (Å²) in [4.78, 5) is 37.5. The number of phosphoric ester groups is 1. The molecule has 67 heavy (non-hydrogen) atoms. The van der Waals surface area contributed by atoms with Gasteiger partial charge in [-0.3, -0.25) is 18.6 Å². The summed E-state index contributed by atoms with van der Waals surface area (Å²) >= 11 is 0. The van der Waals surface area contributed by atoms with Crippen molar-refractivity contribution in [3.63, 3.8) is 0 Å². The maximum Gasteiger partial charge on any atom is 0.472 e. The fourth-order valence-electron chi connectivity index (χ4n) is 7.70. The van der Waals surface area contributed by atoms with Crippen molar-refractivity contribution in [2.75, 3.05) is 40.9 Å². The molecule has 0 spiro atoms. The predicted octanol–water partition coefficient (Wildman–Crippen LogP) is 16.3. The van der Waals surface area contributed by atoms with Gasteiger partial charge in [0.25, 0.3) is 0 Å². The molecule has 0 heterocycles. The average molecular weight is 962 g/mol. The Labute approximate surface area is 413 Å². The van der Waals surface area contributed by atoms with Gasteiger partial charge in [-0.2, -0.15) is 0 Å². The average Bonchev–Trinajstić information content (AvgIpc) is 3.28. The molecular weight excluding hydrogens is 856 g/mol. The van der Waals surface area contributed by atoms with Crippen LogP contribution in [0.15, 0.2) is 60.8 Å². The molecule has 0 aromatic carbocycles. The topological polar surface area (TPSA) is 111 Å². The zero-order valence-electron chi connectivity index (χ0n) is 44.4. The van der Waals surface area contributed by atoms with Crippen LogP contribution < -0.4 is 5.32 Å². The van der Waals surface area contributed by atoms with Gasteiger partial charge in [-0.05, 0) is 76.7 Å². The summed E-state index contributed by atoms with van der Waals surface area (Å²) in [6, 6.07) is -0.855. The summed E-state index contributed by atoms with van der Waals surface area (Å²) in [5.74, 6) is -0.525. The lowest BCUT2D eigenvalue weighted by Crippen LogP contribution is -2.47. The van der Waals surface area contributed by atoms with E-state index in [1.54, 1.807) is 0 Å². The Morgan fingerprint density at radius 1 is 0.537 bits per heavy atom. The Morgan fingerprint density at radius 2 is 0.970 bits per heavy atom. The number of ether oxygens (including phenoxy) is 1. The van der Waals surface area contributed by atoms with Gasteiger partial charge in [-0.25, -0.2) is 4.57 Å². The number of carbonyl (C=O) groups excluding carboxylic acids is 2. The number of allylic oxidation sites excluding steroid dienone is 9. The number of esters is 1. The summed E-state index contributed by atoms with van der Waals surface area (Å²) in [5, 5.41) is 3.03. The summed E-state index contributed by atoms with van der Waals surface area (Å²) in [5.41, 5.74) is 0. The Balaban J connectivity index is 5.37. The number of quaternary nitrogens is 1. The Morgan fingerprint density at radius 3 is 1.48 bits per heavy atom. The van der Waals surface area contributed by atoms with Crippen LogP contribution in [0.1, 0.15) is 239 Å². The molecule has 3 unspecified atom stereocenters. The minimum atomic E-state index is -4.44. The number of hydrogen-bond donors (Lipinski definition) is 2. The number of hydrogen-bond acceptors (Lipinski definition) is 6. The molecule has 0 rings (SSSR count). The van der Waals surface area contributed by atoms with Crippen LogP contribution in [0.4, 0.5) is 0 Å². The number of nitrogens with one attached hydrogen (secondary N) is 1. The van der Waals surface area contributed by atoms with Crippen molar-refractivity contribution in [1.29, 1.82) is 0 Å². The van der Waals surface area contributed by atoms with Gasteiger partial charge in [0.1, 0.15) is 19.3 Å². The van der Waals surface area contributed by atoms with Gasteiger partial charge in [-0.1, -0.05) is 210 Å². The second kappa shape index (κ2) is 47.4. The molecule has 0 fully saturated rings. The standard InChI is InChI=1S/C57H105N2O7P/c1-7-10-13-16-19-22-25-27-29-31-34-37-40-43-46-49-56(60)58-54(53-65-67(62,63)64-52-51-59(4,5)6)55(48-45-42-39-36-33-24-21-18-15-12-9-3)66-57(61)50-47-44-41-38-35-32-30-28-26-23-20-17-14-11-8-2/h10,13,16,19,22-23,25-26,45,48,54-55H,7-9,11-12,14-15,17-18,20-21,24,27-44,46-47,49-53H2,1-6H3,(H-,58,60,62,63)/p+1/b13-10+,19-16+,25-22+,26-23-,48-45+. The van der Waals surface area contributed by atoms with Crippen LogP contribution in [0.25, 0.3) is 0 Å². The minimum Gasteiger partial charge on any atom is -0.456 e. The highest BCUT2D eigenvalue weighted by molar-refractivity contribution is 7.47.